The van der Waals surface area contributed by atoms with E-state index < -0.39 is 17.6 Å². The predicted octanol–water partition coefficient (Wildman–Crippen LogP) is 6.47. The number of methoxy groups -OCH3 is 1. The van der Waals surface area contributed by atoms with Crippen molar-refractivity contribution in [3.63, 3.8) is 0 Å². The fourth-order valence-electron chi connectivity index (χ4n) is 5.12. The quantitative estimate of drug-likeness (QED) is 0.249. The van der Waals surface area contributed by atoms with Gasteiger partial charge in [0, 0.05) is 25.6 Å². The molecule has 0 aliphatic carbocycles. The lowest BCUT2D eigenvalue weighted by atomic mass is 9.79. The number of benzene rings is 3. The second kappa shape index (κ2) is 12.2. The molecule has 1 heterocycles. The van der Waals surface area contributed by atoms with Crippen molar-refractivity contribution in [1.82, 2.24) is 4.90 Å². The Morgan fingerprint density at radius 2 is 1.70 bits per heavy atom. The van der Waals surface area contributed by atoms with Gasteiger partial charge in [0.05, 0.1) is 25.5 Å². The Morgan fingerprint density at radius 3 is 2.35 bits per heavy atom. The van der Waals surface area contributed by atoms with Gasteiger partial charge in [-0.2, -0.15) is 0 Å². The van der Waals surface area contributed by atoms with Gasteiger partial charge in [-0.05, 0) is 48.9 Å². The average Bonchev–Trinajstić information content (AvgIpc) is 3.01. The normalized spacial score (nSPS) is 18.4. The van der Waals surface area contributed by atoms with Gasteiger partial charge >= 0.3 is 5.97 Å². The molecule has 2 unspecified atom stereocenters. The molecule has 3 aromatic rings. The summed E-state index contributed by atoms with van der Waals surface area (Å²) in [6, 6.07) is 15.3. The molecule has 0 N–H and O–H groups in total. The zero-order valence-electron chi connectivity index (χ0n) is 26.7. The molecule has 4 nitrogen and oxygen atoms in total. The van der Waals surface area contributed by atoms with Gasteiger partial charge in [0.2, 0.25) is 0 Å². The van der Waals surface area contributed by atoms with Crippen molar-refractivity contribution in [3.8, 4) is 12.3 Å². The Kier molecular flexibility index (Phi) is 6.83. The Morgan fingerprint density at radius 1 is 1.05 bits per heavy atom. The summed E-state index contributed by atoms with van der Waals surface area (Å²) in [5.41, 5.74) is 1.88. The van der Waals surface area contributed by atoms with Gasteiger partial charge in [-0.3, -0.25) is 9.69 Å². The largest absolute Gasteiger partial charge is 0.468 e. The number of likely N-dealkylation sites (tertiary alicyclic amines) is 1. The van der Waals surface area contributed by atoms with Crippen LogP contribution in [0, 0.1) is 12.3 Å². The van der Waals surface area contributed by atoms with Crippen molar-refractivity contribution >= 4 is 5.97 Å². The molecular weight excluding hydrogens is 458 g/mol. The van der Waals surface area contributed by atoms with Crippen LogP contribution in [0.2, 0.25) is 0 Å². The number of nitrogens with zero attached hydrogens (tertiary/aromatic N) is 1. The standard InChI is InChI=1S/C33H37NO3/c1-5-14-30(28-19-12-13-20-29(28)33(2,3)32(35)36-4)34-23-21-27(22-24-34)37-31(25-15-8-6-9-16-25)26-17-10-7-11-18-26/h1,6-13,15-20,27,30-31H,14,21-24H2,2-4H3/i6D,8D,9D,15D,16D. The maximum Gasteiger partial charge on any atom is 0.315 e. The van der Waals surface area contributed by atoms with E-state index >= 15 is 0 Å². The summed E-state index contributed by atoms with van der Waals surface area (Å²) in [5, 5.41) is 0. The SMILES string of the molecule is [2H]c1c([2H])c([2H])c(C(OC2CCN(C(CC#C)c3ccccc3C(C)(C)C(=O)OC)CC2)c2ccccc2)c([2H])c1[2H]. The number of carbonyl (C=O) groups excluding carboxylic acids is 1. The van der Waals surface area contributed by atoms with Crippen LogP contribution in [0.25, 0.3) is 0 Å². The second-order valence-electron chi connectivity index (χ2n) is 9.83. The summed E-state index contributed by atoms with van der Waals surface area (Å²) < 4.78 is 53.2. The Labute approximate surface area is 228 Å². The summed E-state index contributed by atoms with van der Waals surface area (Å²) in [4.78, 5) is 15.0. The molecule has 2 atom stereocenters. The molecule has 0 bridgehead atoms. The van der Waals surface area contributed by atoms with Gasteiger partial charge in [-0.25, -0.2) is 0 Å². The fourth-order valence-corrected chi connectivity index (χ4v) is 5.12. The number of piperidine rings is 1. The minimum absolute atomic E-state index is 0.109. The Balaban J connectivity index is 1.60. The number of ether oxygens (including phenoxy) is 2. The fraction of sp³-hybridized carbons (Fsp3) is 0.364. The highest BCUT2D eigenvalue weighted by molar-refractivity contribution is 5.82. The Hall–Kier alpha value is -3.39. The molecule has 4 heteroatoms. The first kappa shape index (κ1) is 20.6. The zero-order valence-corrected chi connectivity index (χ0v) is 21.7. The summed E-state index contributed by atoms with van der Waals surface area (Å²) >= 11 is 0. The van der Waals surface area contributed by atoms with Crippen LogP contribution in [-0.2, 0) is 19.7 Å². The average molecular weight is 501 g/mol. The molecule has 3 aromatic carbocycles. The van der Waals surface area contributed by atoms with E-state index in [9.17, 15) is 4.79 Å². The molecule has 0 saturated carbocycles. The first-order chi connectivity index (χ1) is 20.0. The Bertz CT molecular complexity index is 1430. The van der Waals surface area contributed by atoms with Gasteiger partial charge in [0.25, 0.3) is 0 Å². The molecule has 37 heavy (non-hydrogen) atoms. The highest BCUT2D eigenvalue weighted by Crippen LogP contribution is 2.37. The van der Waals surface area contributed by atoms with E-state index in [0.717, 1.165) is 16.7 Å². The number of rotatable bonds is 9. The summed E-state index contributed by atoms with van der Waals surface area (Å²) in [6.45, 7) is 5.05. The number of terminal acetylenes is 1. The van der Waals surface area contributed by atoms with Crippen molar-refractivity contribution in [2.24, 2.45) is 0 Å². The number of esters is 1. The lowest BCUT2D eigenvalue weighted by Crippen LogP contribution is -2.41. The summed E-state index contributed by atoms with van der Waals surface area (Å²) in [7, 11) is 1.39. The van der Waals surface area contributed by atoms with Crippen LogP contribution in [0.15, 0.2) is 84.8 Å². The number of hydrogen-bond donors (Lipinski definition) is 0. The van der Waals surface area contributed by atoms with Crippen molar-refractivity contribution in [3.05, 3.63) is 107 Å². The molecule has 1 saturated heterocycles. The third-order valence-electron chi connectivity index (χ3n) is 7.13. The molecule has 0 aromatic heterocycles. The van der Waals surface area contributed by atoms with E-state index in [4.69, 9.17) is 22.8 Å². The van der Waals surface area contributed by atoms with Gasteiger partial charge < -0.3 is 9.47 Å². The topological polar surface area (TPSA) is 38.8 Å². The maximum absolute atomic E-state index is 12.7. The third kappa shape index (κ3) is 6.13. The van der Waals surface area contributed by atoms with Gasteiger partial charge in [0.15, 0.2) is 0 Å². The zero-order chi connectivity index (χ0) is 30.6. The van der Waals surface area contributed by atoms with E-state index in [0.29, 0.717) is 32.4 Å². The molecule has 1 aliphatic heterocycles. The van der Waals surface area contributed by atoms with Crippen LogP contribution in [-0.4, -0.2) is 37.2 Å². The smallest absolute Gasteiger partial charge is 0.315 e. The highest BCUT2D eigenvalue weighted by atomic mass is 16.5. The van der Waals surface area contributed by atoms with Crippen LogP contribution in [0.1, 0.15) is 74.4 Å². The molecule has 0 amide bonds. The summed E-state index contributed by atoms with van der Waals surface area (Å²) in [5.74, 6) is 2.50. The minimum Gasteiger partial charge on any atom is -0.468 e. The number of hydrogen-bond acceptors (Lipinski definition) is 4. The number of carbonyl (C=O) groups is 1. The highest BCUT2D eigenvalue weighted by Gasteiger charge is 2.36. The molecular formula is C33H37NO3. The third-order valence-corrected chi connectivity index (χ3v) is 7.13. The van der Waals surface area contributed by atoms with E-state index in [1.807, 2.05) is 68.4 Å². The first-order valence-electron chi connectivity index (χ1n) is 15.1. The maximum atomic E-state index is 12.7. The molecule has 1 aliphatic rings. The van der Waals surface area contributed by atoms with Crippen molar-refractivity contribution in [1.29, 1.82) is 0 Å². The van der Waals surface area contributed by atoms with Crippen LogP contribution >= 0.6 is 0 Å². The van der Waals surface area contributed by atoms with Crippen molar-refractivity contribution < 1.29 is 21.1 Å². The van der Waals surface area contributed by atoms with Gasteiger partial charge in [-0.15, -0.1) is 12.3 Å². The van der Waals surface area contributed by atoms with Gasteiger partial charge in [0.1, 0.15) is 6.10 Å². The molecule has 0 radical (unpaired) electrons. The van der Waals surface area contributed by atoms with Crippen LogP contribution in [0.3, 0.4) is 0 Å². The van der Waals surface area contributed by atoms with Crippen molar-refractivity contribution in [2.45, 2.75) is 56.8 Å². The first-order valence-corrected chi connectivity index (χ1v) is 12.6. The van der Waals surface area contributed by atoms with E-state index in [-0.39, 0.29) is 47.8 Å². The van der Waals surface area contributed by atoms with Crippen molar-refractivity contribution in [2.75, 3.05) is 20.2 Å². The minimum atomic E-state index is -0.855. The van der Waals surface area contributed by atoms with E-state index in [2.05, 4.69) is 10.8 Å². The van der Waals surface area contributed by atoms with Crippen LogP contribution in [0.4, 0.5) is 0 Å². The summed E-state index contributed by atoms with van der Waals surface area (Å²) in [6.07, 6.45) is 6.58. The van der Waals surface area contributed by atoms with Crippen LogP contribution < -0.4 is 0 Å². The molecule has 1 fully saturated rings. The predicted molar refractivity (Wildman–Crippen MR) is 148 cm³/mol. The second-order valence-corrected chi connectivity index (χ2v) is 9.83. The molecule has 192 valence electrons. The lowest BCUT2D eigenvalue weighted by molar-refractivity contribution is -0.146. The molecule has 0 spiro atoms. The van der Waals surface area contributed by atoms with Gasteiger partial charge in [-0.1, -0.05) is 84.8 Å². The van der Waals surface area contributed by atoms with E-state index in [1.165, 1.54) is 7.11 Å². The lowest BCUT2D eigenvalue weighted by Gasteiger charge is -2.40. The molecule has 4 rings (SSSR count). The van der Waals surface area contributed by atoms with Crippen LogP contribution in [0.5, 0.6) is 0 Å². The monoisotopic (exact) mass is 500 g/mol. The van der Waals surface area contributed by atoms with E-state index in [1.54, 1.807) is 0 Å².